The van der Waals surface area contributed by atoms with Crippen molar-refractivity contribution in [3.05, 3.63) is 20.3 Å². The highest BCUT2D eigenvalue weighted by Crippen LogP contribution is 2.39. The van der Waals surface area contributed by atoms with Crippen LogP contribution in [0.2, 0.25) is 0 Å². The van der Waals surface area contributed by atoms with Crippen molar-refractivity contribution >= 4 is 33.0 Å². The zero-order valence-electron chi connectivity index (χ0n) is 9.51. The molecule has 0 unspecified atom stereocenters. The third-order valence-corrected chi connectivity index (χ3v) is 5.49. The van der Waals surface area contributed by atoms with E-state index >= 15 is 0 Å². The van der Waals surface area contributed by atoms with Gasteiger partial charge in [0.25, 0.3) is 0 Å². The minimum absolute atomic E-state index is 0.165. The number of methoxy groups -OCH3 is 1. The second-order valence-corrected chi connectivity index (χ2v) is 6.78. The first-order valence-electron chi connectivity index (χ1n) is 5.41. The van der Waals surface area contributed by atoms with E-state index in [0.717, 1.165) is 27.1 Å². The molecule has 1 heterocycles. The number of halogens is 1. The Morgan fingerprint density at radius 2 is 2.31 bits per heavy atom. The van der Waals surface area contributed by atoms with E-state index in [0.29, 0.717) is 6.42 Å². The molecule has 4 heteroatoms. The van der Waals surface area contributed by atoms with Crippen LogP contribution in [0.25, 0.3) is 0 Å². The standard InChI is InChI=1S/C12H15BrO2S/c1-8-6-10(16-11(8)13)9(14)7-12(15-2)4-3-5-12/h6H,3-5,7H2,1-2H3. The smallest absolute Gasteiger partial charge is 0.175 e. The van der Waals surface area contributed by atoms with Crippen LogP contribution in [0, 0.1) is 6.92 Å². The van der Waals surface area contributed by atoms with Crippen LogP contribution < -0.4 is 0 Å². The number of carbonyl (C=O) groups excluding carboxylic acids is 1. The Balaban J connectivity index is 2.08. The van der Waals surface area contributed by atoms with Gasteiger partial charge in [-0.3, -0.25) is 4.79 Å². The number of thiophene rings is 1. The maximum atomic E-state index is 12.1. The molecule has 1 aliphatic carbocycles. The lowest BCUT2D eigenvalue weighted by atomic mass is 9.76. The van der Waals surface area contributed by atoms with E-state index in [1.807, 2.05) is 13.0 Å². The fraction of sp³-hybridized carbons (Fsp3) is 0.583. The highest BCUT2D eigenvalue weighted by molar-refractivity contribution is 9.11. The molecule has 0 aliphatic heterocycles. The van der Waals surface area contributed by atoms with Gasteiger partial charge in [-0.15, -0.1) is 11.3 Å². The van der Waals surface area contributed by atoms with Gasteiger partial charge in [0.2, 0.25) is 0 Å². The van der Waals surface area contributed by atoms with Crippen molar-refractivity contribution in [2.45, 2.75) is 38.2 Å². The molecule has 0 radical (unpaired) electrons. The SMILES string of the molecule is COC1(CC(=O)c2cc(C)c(Br)s2)CCC1. The summed E-state index contributed by atoms with van der Waals surface area (Å²) < 4.78 is 6.53. The fourth-order valence-corrected chi connectivity index (χ4v) is 3.47. The Labute approximate surface area is 108 Å². The monoisotopic (exact) mass is 302 g/mol. The fourth-order valence-electron chi connectivity index (χ4n) is 2.00. The number of ether oxygens (including phenoxy) is 1. The second kappa shape index (κ2) is 4.59. The number of carbonyl (C=O) groups is 1. The van der Waals surface area contributed by atoms with E-state index in [4.69, 9.17) is 4.74 Å². The molecule has 1 aliphatic rings. The van der Waals surface area contributed by atoms with Crippen LogP contribution in [0.4, 0.5) is 0 Å². The molecule has 0 atom stereocenters. The van der Waals surface area contributed by atoms with Crippen LogP contribution in [0.1, 0.15) is 40.9 Å². The predicted octanol–water partition coefficient (Wildman–Crippen LogP) is 3.96. The maximum Gasteiger partial charge on any atom is 0.175 e. The molecular formula is C12H15BrO2S. The molecular weight excluding hydrogens is 288 g/mol. The van der Waals surface area contributed by atoms with E-state index in [1.165, 1.54) is 17.8 Å². The minimum atomic E-state index is -0.165. The molecule has 88 valence electrons. The normalized spacial score (nSPS) is 18.2. The van der Waals surface area contributed by atoms with Crippen molar-refractivity contribution in [3.63, 3.8) is 0 Å². The Kier molecular flexibility index (Phi) is 3.52. The molecule has 0 aromatic carbocycles. The second-order valence-electron chi connectivity index (χ2n) is 4.41. The van der Waals surface area contributed by atoms with Crippen molar-refractivity contribution < 1.29 is 9.53 Å². The van der Waals surface area contributed by atoms with Crippen molar-refractivity contribution in [2.24, 2.45) is 0 Å². The molecule has 1 fully saturated rings. The lowest BCUT2D eigenvalue weighted by Gasteiger charge is -2.39. The van der Waals surface area contributed by atoms with Gasteiger partial charge in [-0.2, -0.15) is 0 Å². The predicted molar refractivity (Wildman–Crippen MR) is 69.3 cm³/mol. The van der Waals surface area contributed by atoms with Crippen LogP contribution in [0.3, 0.4) is 0 Å². The summed E-state index contributed by atoms with van der Waals surface area (Å²) in [6.45, 7) is 2.01. The van der Waals surface area contributed by atoms with Gasteiger partial charge in [-0.25, -0.2) is 0 Å². The number of rotatable bonds is 4. The Morgan fingerprint density at radius 1 is 1.62 bits per heavy atom. The van der Waals surface area contributed by atoms with Gasteiger partial charge in [0.1, 0.15) is 0 Å². The maximum absolute atomic E-state index is 12.1. The molecule has 0 spiro atoms. The first kappa shape index (κ1) is 12.3. The summed E-state index contributed by atoms with van der Waals surface area (Å²) in [5.74, 6) is 0.209. The van der Waals surface area contributed by atoms with Crippen molar-refractivity contribution in [1.29, 1.82) is 0 Å². The van der Waals surface area contributed by atoms with Crippen LogP contribution in [0.5, 0.6) is 0 Å². The van der Waals surface area contributed by atoms with Crippen molar-refractivity contribution in [2.75, 3.05) is 7.11 Å². The lowest BCUT2D eigenvalue weighted by Crippen LogP contribution is -2.41. The number of Topliss-reactive ketones (excluding diaryl/α,β-unsaturated/α-hetero) is 1. The van der Waals surface area contributed by atoms with E-state index in [9.17, 15) is 4.79 Å². The summed E-state index contributed by atoms with van der Waals surface area (Å²) in [6, 6.07) is 1.96. The molecule has 1 saturated carbocycles. The summed E-state index contributed by atoms with van der Waals surface area (Å²) in [6.07, 6.45) is 3.73. The molecule has 1 aromatic heterocycles. The number of hydrogen-bond donors (Lipinski definition) is 0. The minimum Gasteiger partial charge on any atom is -0.378 e. The summed E-state index contributed by atoms with van der Waals surface area (Å²) >= 11 is 4.97. The van der Waals surface area contributed by atoms with Gasteiger partial charge in [0.15, 0.2) is 5.78 Å². The summed E-state index contributed by atoms with van der Waals surface area (Å²) in [4.78, 5) is 12.9. The van der Waals surface area contributed by atoms with E-state index in [-0.39, 0.29) is 11.4 Å². The number of aryl methyl sites for hydroxylation is 1. The first-order valence-corrected chi connectivity index (χ1v) is 7.01. The van der Waals surface area contributed by atoms with Gasteiger partial charge < -0.3 is 4.74 Å². The topological polar surface area (TPSA) is 26.3 Å². The molecule has 0 amide bonds. The average Bonchev–Trinajstić information content (AvgIpc) is 2.53. The van der Waals surface area contributed by atoms with Gasteiger partial charge in [0.05, 0.1) is 14.3 Å². The van der Waals surface area contributed by atoms with Crippen LogP contribution in [0.15, 0.2) is 9.85 Å². The lowest BCUT2D eigenvalue weighted by molar-refractivity contribution is -0.0704. The highest BCUT2D eigenvalue weighted by Gasteiger charge is 2.39. The molecule has 0 bridgehead atoms. The van der Waals surface area contributed by atoms with Crippen LogP contribution >= 0.6 is 27.3 Å². The van der Waals surface area contributed by atoms with Crippen molar-refractivity contribution in [1.82, 2.24) is 0 Å². The molecule has 1 aromatic rings. The first-order chi connectivity index (χ1) is 7.56. The van der Waals surface area contributed by atoms with E-state index in [2.05, 4.69) is 15.9 Å². The third kappa shape index (κ3) is 2.24. The zero-order chi connectivity index (χ0) is 11.8. The van der Waals surface area contributed by atoms with Gasteiger partial charge in [-0.1, -0.05) is 0 Å². The molecule has 2 nitrogen and oxygen atoms in total. The molecule has 0 saturated heterocycles. The van der Waals surface area contributed by atoms with Crippen LogP contribution in [-0.2, 0) is 4.74 Å². The van der Waals surface area contributed by atoms with Gasteiger partial charge in [0, 0.05) is 13.5 Å². The van der Waals surface area contributed by atoms with E-state index < -0.39 is 0 Å². The average molecular weight is 303 g/mol. The zero-order valence-corrected chi connectivity index (χ0v) is 11.9. The number of ketones is 1. The van der Waals surface area contributed by atoms with Crippen LogP contribution in [-0.4, -0.2) is 18.5 Å². The molecule has 0 N–H and O–H groups in total. The number of hydrogen-bond acceptors (Lipinski definition) is 3. The molecule has 16 heavy (non-hydrogen) atoms. The van der Waals surface area contributed by atoms with Gasteiger partial charge in [-0.05, 0) is 53.7 Å². The summed E-state index contributed by atoms with van der Waals surface area (Å²) in [5, 5.41) is 0. The highest BCUT2D eigenvalue weighted by atomic mass is 79.9. The summed E-state index contributed by atoms with van der Waals surface area (Å²) in [7, 11) is 1.71. The summed E-state index contributed by atoms with van der Waals surface area (Å²) in [5.41, 5.74) is 0.968. The Hall–Kier alpha value is -0.190. The molecule has 2 rings (SSSR count). The largest absolute Gasteiger partial charge is 0.378 e. The third-order valence-electron chi connectivity index (χ3n) is 3.31. The Morgan fingerprint density at radius 3 is 2.69 bits per heavy atom. The van der Waals surface area contributed by atoms with E-state index in [1.54, 1.807) is 7.11 Å². The van der Waals surface area contributed by atoms with Gasteiger partial charge >= 0.3 is 0 Å². The van der Waals surface area contributed by atoms with Crippen molar-refractivity contribution in [3.8, 4) is 0 Å². The quantitative estimate of drug-likeness (QED) is 0.787. The Bertz CT molecular complexity index is 382.